The van der Waals surface area contributed by atoms with Crippen molar-refractivity contribution in [3.05, 3.63) is 18.2 Å². The van der Waals surface area contributed by atoms with E-state index in [1.54, 1.807) is 12.5 Å². The molecule has 0 aromatic carbocycles. The van der Waals surface area contributed by atoms with E-state index in [-0.39, 0.29) is 0 Å². The maximum atomic E-state index is 10.0. The standard InChI is InChI=1S/C12H23N3O/c1-4-5-15-9-14-7-11(15)12(16)8-13-6-10(2)3/h7,9-10,12-13,16H,4-6,8H2,1-3H3. The summed E-state index contributed by atoms with van der Waals surface area (Å²) in [7, 11) is 0. The molecule has 0 amide bonds. The number of hydrogen-bond donors (Lipinski definition) is 2. The Kier molecular flexibility index (Phi) is 5.49. The van der Waals surface area contributed by atoms with E-state index in [9.17, 15) is 5.11 Å². The zero-order valence-electron chi connectivity index (χ0n) is 10.5. The first-order valence-electron chi connectivity index (χ1n) is 6.04. The van der Waals surface area contributed by atoms with Gasteiger partial charge in [-0.05, 0) is 18.9 Å². The third-order valence-electron chi connectivity index (χ3n) is 2.44. The fourth-order valence-electron chi connectivity index (χ4n) is 1.65. The molecule has 0 aliphatic carbocycles. The fraction of sp³-hybridized carbons (Fsp3) is 0.750. The SMILES string of the molecule is CCCn1cncc1C(O)CNCC(C)C. The van der Waals surface area contributed by atoms with Crippen LogP contribution in [0.15, 0.2) is 12.5 Å². The van der Waals surface area contributed by atoms with E-state index in [1.165, 1.54) is 0 Å². The van der Waals surface area contributed by atoms with Gasteiger partial charge in [-0.2, -0.15) is 0 Å². The predicted octanol–water partition coefficient (Wildman–Crippen LogP) is 1.57. The van der Waals surface area contributed by atoms with Crippen molar-refractivity contribution < 1.29 is 5.11 Å². The van der Waals surface area contributed by atoms with Crippen LogP contribution in [0.25, 0.3) is 0 Å². The van der Waals surface area contributed by atoms with Crippen LogP contribution < -0.4 is 5.32 Å². The second-order valence-electron chi connectivity index (χ2n) is 4.58. The highest BCUT2D eigenvalue weighted by molar-refractivity contribution is 5.03. The Morgan fingerprint density at radius 2 is 2.19 bits per heavy atom. The summed E-state index contributed by atoms with van der Waals surface area (Å²) in [6, 6.07) is 0. The number of nitrogens with one attached hydrogen (secondary N) is 1. The van der Waals surface area contributed by atoms with Crippen LogP contribution in [0.4, 0.5) is 0 Å². The molecule has 1 unspecified atom stereocenters. The highest BCUT2D eigenvalue weighted by atomic mass is 16.3. The van der Waals surface area contributed by atoms with Gasteiger partial charge in [0.15, 0.2) is 0 Å². The Balaban J connectivity index is 2.45. The molecule has 16 heavy (non-hydrogen) atoms. The number of hydrogen-bond acceptors (Lipinski definition) is 3. The summed E-state index contributed by atoms with van der Waals surface area (Å²) in [4.78, 5) is 4.08. The third-order valence-corrected chi connectivity index (χ3v) is 2.44. The van der Waals surface area contributed by atoms with Gasteiger partial charge in [0.2, 0.25) is 0 Å². The number of imidazole rings is 1. The molecule has 0 spiro atoms. The van der Waals surface area contributed by atoms with Crippen molar-refractivity contribution in [3.8, 4) is 0 Å². The van der Waals surface area contributed by atoms with Crippen LogP contribution in [0, 0.1) is 5.92 Å². The Labute approximate surface area is 97.7 Å². The van der Waals surface area contributed by atoms with Crippen molar-refractivity contribution >= 4 is 0 Å². The van der Waals surface area contributed by atoms with E-state index in [0.29, 0.717) is 12.5 Å². The topological polar surface area (TPSA) is 50.1 Å². The monoisotopic (exact) mass is 225 g/mol. The maximum absolute atomic E-state index is 10.0. The predicted molar refractivity (Wildman–Crippen MR) is 65.2 cm³/mol. The normalized spacial score (nSPS) is 13.3. The molecule has 0 saturated heterocycles. The number of aromatic nitrogens is 2. The maximum Gasteiger partial charge on any atom is 0.108 e. The van der Waals surface area contributed by atoms with Crippen molar-refractivity contribution in [2.45, 2.75) is 39.8 Å². The summed E-state index contributed by atoms with van der Waals surface area (Å²) < 4.78 is 2.02. The number of aliphatic hydroxyl groups excluding tert-OH is 1. The van der Waals surface area contributed by atoms with Gasteiger partial charge in [-0.25, -0.2) is 4.98 Å². The average Bonchev–Trinajstić information content (AvgIpc) is 2.66. The lowest BCUT2D eigenvalue weighted by molar-refractivity contribution is 0.164. The number of nitrogens with zero attached hydrogens (tertiary/aromatic N) is 2. The number of aryl methyl sites for hydroxylation is 1. The van der Waals surface area contributed by atoms with Gasteiger partial charge in [0.25, 0.3) is 0 Å². The molecule has 0 saturated carbocycles. The molecule has 4 heteroatoms. The Hall–Kier alpha value is -0.870. The van der Waals surface area contributed by atoms with Gasteiger partial charge in [0, 0.05) is 13.1 Å². The molecule has 2 N–H and O–H groups in total. The zero-order chi connectivity index (χ0) is 12.0. The first-order chi connectivity index (χ1) is 7.65. The van der Waals surface area contributed by atoms with Gasteiger partial charge < -0.3 is 15.0 Å². The van der Waals surface area contributed by atoms with Crippen LogP contribution >= 0.6 is 0 Å². The number of rotatable bonds is 7. The molecular formula is C12H23N3O. The summed E-state index contributed by atoms with van der Waals surface area (Å²) >= 11 is 0. The van der Waals surface area contributed by atoms with Gasteiger partial charge >= 0.3 is 0 Å². The van der Waals surface area contributed by atoms with Crippen LogP contribution in [0.1, 0.15) is 39.0 Å². The van der Waals surface area contributed by atoms with Gasteiger partial charge in [-0.15, -0.1) is 0 Å². The second kappa shape index (κ2) is 6.66. The average molecular weight is 225 g/mol. The van der Waals surface area contributed by atoms with E-state index >= 15 is 0 Å². The van der Waals surface area contributed by atoms with E-state index in [4.69, 9.17) is 0 Å². The fourth-order valence-corrected chi connectivity index (χ4v) is 1.65. The van der Waals surface area contributed by atoms with Gasteiger partial charge in [0.05, 0.1) is 18.2 Å². The molecule has 1 aromatic heterocycles. The quantitative estimate of drug-likeness (QED) is 0.740. The van der Waals surface area contributed by atoms with Crippen molar-refractivity contribution in [3.63, 3.8) is 0 Å². The summed E-state index contributed by atoms with van der Waals surface area (Å²) in [6.45, 7) is 8.86. The lowest BCUT2D eigenvalue weighted by Crippen LogP contribution is -2.26. The molecule has 0 radical (unpaired) electrons. The molecule has 0 bridgehead atoms. The minimum atomic E-state index is -0.465. The van der Waals surface area contributed by atoms with Crippen molar-refractivity contribution in [2.75, 3.05) is 13.1 Å². The molecular weight excluding hydrogens is 202 g/mol. The molecule has 0 fully saturated rings. The zero-order valence-corrected chi connectivity index (χ0v) is 10.5. The summed E-state index contributed by atoms with van der Waals surface area (Å²) in [5.74, 6) is 0.604. The first kappa shape index (κ1) is 13.2. The Bertz CT molecular complexity index is 296. The highest BCUT2D eigenvalue weighted by Crippen LogP contribution is 2.11. The van der Waals surface area contributed by atoms with Gasteiger partial charge in [-0.3, -0.25) is 0 Å². The minimum Gasteiger partial charge on any atom is -0.385 e. The first-order valence-corrected chi connectivity index (χ1v) is 6.04. The highest BCUT2D eigenvalue weighted by Gasteiger charge is 2.12. The van der Waals surface area contributed by atoms with Crippen molar-refractivity contribution in [1.82, 2.24) is 14.9 Å². The molecule has 0 aliphatic rings. The van der Waals surface area contributed by atoms with Crippen molar-refractivity contribution in [2.24, 2.45) is 5.92 Å². The van der Waals surface area contributed by atoms with Crippen LogP contribution in [-0.4, -0.2) is 27.7 Å². The van der Waals surface area contributed by atoms with E-state index in [0.717, 1.165) is 25.2 Å². The van der Waals surface area contributed by atoms with Crippen molar-refractivity contribution in [1.29, 1.82) is 0 Å². The summed E-state index contributed by atoms with van der Waals surface area (Å²) in [6.07, 6.45) is 4.12. The Morgan fingerprint density at radius 3 is 2.81 bits per heavy atom. The van der Waals surface area contributed by atoms with Crippen LogP contribution in [-0.2, 0) is 6.54 Å². The van der Waals surface area contributed by atoms with Crippen LogP contribution in [0.2, 0.25) is 0 Å². The molecule has 92 valence electrons. The van der Waals surface area contributed by atoms with Crippen LogP contribution in [0.5, 0.6) is 0 Å². The molecule has 1 aromatic rings. The van der Waals surface area contributed by atoms with Crippen LogP contribution in [0.3, 0.4) is 0 Å². The Morgan fingerprint density at radius 1 is 1.44 bits per heavy atom. The van der Waals surface area contributed by atoms with Gasteiger partial charge in [0.1, 0.15) is 6.10 Å². The molecule has 1 atom stereocenters. The summed E-state index contributed by atoms with van der Waals surface area (Å²) in [5.41, 5.74) is 0.901. The smallest absolute Gasteiger partial charge is 0.108 e. The van der Waals surface area contributed by atoms with Gasteiger partial charge in [-0.1, -0.05) is 20.8 Å². The second-order valence-corrected chi connectivity index (χ2v) is 4.58. The van der Waals surface area contributed by atoms with E-state index in [2.05, 4.69) is 31.1 Å². The third kappa shape index (κ3) is 3.94. The molecule has 1 heterocycles. The number of aliphatic hydroxyl groups is 1. The minimum absolute atomic E-state index is 0.465. The summed E-state index contributed by atoms with van der Waals surface area (Å²) in [5, 5.41) is 13.3. The van der Waals surface area contributed by atoms with E-state index in [1.807, 2.05) is 4.57 Å². The molecule has 0 aliphatic heterocycles. The lowest BCUT2D eigenvalue weighted by Gasteiger charge is -2.15. The molecule has 4 nitrogen and oxygen atoms in total. The largest absolute Gasteiger partial charge is 0.385 e. The van der Waals surface area contributed by atoms with E-state index < -0.39 is 6.10 Å². The molecule has 1 rings (SSSR count). The lowest BCUT2D eigenvalue weighted by atomic mass is 10.2.